The molecule has 0 N–H and O–H groups in total. The first-order valence-corrected chi connectivity index (χ1v) is 4.84. The quantitative estimate of drug-likeness (QED) is 0.776. The van der Waals surface area contributed by atoms with Crippen molar-refractivity contribution in [2.24, 2.45) is 0 Å². The first-order valence-electron chi connectivity index (χ1n) is 4.46. The number of nitrogens with zero attached hydrogens (tertiary/aromatic N) is 3. The fourth-order valence-corrected chi connectivity index (χ4v) is 1.53. The van der Waals surface area contributed by atoms with Crippen molar-refractivity contribution >= 4 is 11.6 Å². The second-order valence-electron chi connectivity index (χ2n) is 3.08. The van der Waals surface area contributed by atoms with Gasteiger partial charge in [-0.05, 0) is 12.1 Å². The summed E-state index contributed by atoms with van der Waals surface area (Å²) in [6.45, 7) is 0. The average molecular weight is 218 g/mol. The Bertz CT molecular complexity index is 511. The van der Waals surface area contributed by atoms with Gasteiger partial charge in [-0.1, -0.05) is 23.7 Å². The van der Waals surface area contributed by atoms with Crippen LogP contribution in [0.1, 0.15) is 5.56 Å². The van der Waals surface area contributed by atoms with Crippen LogP contribution < -0.4 is 0 Å². The Hall–Kier alpha value is -1.79. The lowest BCUT2D eigenvalue weighted by atomic mass is 10.3. The SMILES string of the molecule is N#CCc1cnn(-c2ccccc2Cl)c1. The maximum atomic E-state index is 8.54. The third kappa shape index (κ3) is 2.00. The minimum atomic E-state index is 0.366. The molecule has 15 heavy (non-hydrogen) atoms. The highest BCUT2D eigenvalue weighted by atomic mass is 35.5. The van der Waals surface area contributed by atoms with Gasteiger partial charge in [0.25, 0.3) is 0 Å². The molecule has 0 aliphatic heterocycles. The first kappa shape index (κ1) is 9.75. The Morgan fingerprint density at radius 3 is 2.93 bits per heavy atom. The van der Waals surface area contributed by atoms with E-state index in [1.165, 1.54) is 0 Å². The summed E-state index contributed by atoms with van der Waals surface area (Å²) in [5, 5.41) is 13.3. The van der Waals surface area contributed by atoms with Crippen LogP contribution in [0.25, 0.3) is 5.69 Å². The molecule has 0 unspecified atom stereocenters. The molecule has 1 aromatic carbocycles. The van der Waals surface area contributed by atoms with Crippen LogP contribution in [0.15, 0.2) is 36.7 Å². The van der Waals surface area contributed by atoms with Crippen molar-refractivity contribution in [3.05, 3.63) is 47.2 Å². The molecule has 4 heteroatoms. The molecule has 74 valence electrons. The molecule has 0 atom stereocenters. The van der Waals surface area contributed by atoms with Crippen LogP contribution in [0.4, 0.5) is 0 Å². The lowest BCUT2D eigenvalue weighted by molar-refractivity contribution is 0.880. The number of nitriles is 1. The van der Waals surface area contributed by atoms with E-state index in [1.807, 2.05) is 30.5 Å². The van der Waals surface area contributed by atoms with Crippen LogP contribution in [-0.2, 0) is 6.42 Å². The van der Waals surface area contributed by atoms with Crippen molar-refractivity contribution in [2.75, 3.05) is 0 Å². The lowest BCUT2D eigenvalue weighted by Crippen LogP contribution is -1.94. The Balaban J connectivity index is 2.38. The molecular weight excluding hydrogens is 210 g/mol. The summed E-state index contributed by atoms with van der Waals surface area (Å²) in [4.78, 5) is 0. The summed E-state index contributed by atoms with van der Waals surface area (Å²) in [6, 6.07) is 9.53. The zero-order valence-electron chi connectivity index (χ0n) is 7.89. The van der Waals surface area contributed by atoms with Crippen molar-refractivity contribution in [3.63, 3.8) is 0 Å². The number of hydrogen-bond acceptors (Lipinski definition) is 2. The van der Waals surface area contributed by atoms with E-state index in [2.05, 4.69) is 11.2 Å². The van der Waals surface area contributed by atoms with E-state index in [1.54, 1.807) is 10.9 Å². The van der Waals surface area contributed by atoms with Gasteiger partial charge in [0.1, 0.15) is 0 Å². The largest absolute Gasteiger partial charge is 0.239 e. The van der Waals surface area contributed by atoms with Gasteiger partial charge >= 0.3 is 0 Å². The minimum Gasteiger partial charge on any atom is -0.239 e. The van der Waals surface area contributed by atoms with Crippen LogP contribution in [0, 0.1) is 11.3 Å². The summed E-state index contributed by atoms with van der Waals surface area (Å²) in [5.74, 6) is 0. The predicted octanol–water partition coefficient (Wildman–Crippen LogP) is 2.59. The highest BCUT2D eigenvalue weighted by molar-refractivity contribution is 6.32. The van der Waals surface area contributed by atoms with Gasteiger partial charge < -0.3 is 0 Å². The molecule has 0 saturated carbocycles. The van der Waals surface area contributed by atoms with Crippen LogP contribution in [0.3, 0.4) is 0 Å². The predicted molar refractivity (Wildman–Crippen MR) is 57.9 cm³/mol. The standard InChI is InChI=1S/C11H8ClN3/c12-10-3-1-2-4-11(10)15-8-9(5-6-13)7-14-15/h1-4,7-8H,5H2. The summed E-state index contributed by atoms with van der Waals surface area (Å²) in [6.07, 6.45) is 3.85. The van der Waals surface area contributed by atoms with Crippen molar-refractivity contribution in [2.45, 2.75) is 6.42 Å². The molecule has 0 spiro atoms. The summed E-state index contributed by atoms with van der Waals surface area (Å²) < 4.78 is 1.68. The zero-order chi connectivity index (χ0) is 10.7. The van der Waals surface area contributed by atoms with Crippen molar-refractivity contribution in [3.8, 4) is 11.8 Å². The summed E-state index contributed by atoms with van der Waals surface area (Å²) in [7, 11) is 0. The maximum absolute atomic E-state index is 8.54. The highest BCUT2D eigenvalue weighted by Gasteiger charge is 2.03. The van der Waals surface area contributed by atoms with Crippen LogP contribution in [-0.4, -0.2) is 9.78 Å². The van der Waals surface area contributed by atoms with E-state index in [-0.39, 0.29) is 0 Å². The third-order valence-electron chi connectivity index (χ3n) is 2.02. The summed E-state index contributed by atoms with van der Waals surface area (Å²) in [5.41, 5.74) is 1.71. The van der Waals surface area contributed by atoms with Crippen molar-refractivity contribution in [1.29, 1.82) is 5.26 Å². The average Bonchev–Trinajstić information content (AvgIpc) is 2.68. The smallest absolute Gasteiger partial charge is 0.0831 e. The van der Waals surface area contributed by atoms with E-state index < -0.39 is 0 Å². The maximum Gasteiger partial charge on any atom is 0.0831 e. The molecule has 0 bridgehead atoms. The van der Waals surface area contributed by atoms with Gasteiger partial charge in [0.05, 0.1) is 29.4 Å². The second kappa shape index (κ2) is 4.16. The first-order chi connectivity index (χ1) is 7.31. The lowest BCUT2D eigenvalue weighted by Gasteiger charge is -2.02. The zero-order valence-corrected chi connectivity index (χ0v) is 8.65. The van der Waals surface area contributed by atoms with E-state index >= 15 is 0 Å². The molecular formula is C11H8ClN3. The molecule has 0 aliphatic carbocycles. The van der Waals surface area contributed by atoms with E-state index in [4.69, 9.17) is 16.9 Å². The highest BCUT2D eigenvalue weighted by Crippen LogP contribution is 2.19. The Kier molecular flexibility index (Phi) is 2.70. The Morgan fingerprint density at radius 1 is 1.40 bits per heavy atom. The van der Waals surface area contributed by atoms with E-state index in [9.17, 15) is 0 Å². The number of benzene rings is 1. The van der Waals surface area contributed by atoms with Gasteiger partial charge in [-0.3, -0.25) is 0 Å². The molecule has 1 aromatic heterocycles. The van der Waals surface area contributed by atoms with Crippen molar-refractivity contribution in [1.82, 2.24) is 9.78 Å². The fourth-order valence-electron chi connectivity index (χ4n) is 1.31. The molecule has 1 heterocycles. The van der Waals surface area contributed by atoms with E-state index in [0.29, 0.717) is 11.4 Å². The fraction of sp³-hybridized carbons (Fsp3) is 0.0909. The third-order valence-corrected chi connectivity index (χ3v) is 2.34. The number of aromatic nitrogens is 2. The normalized spacial score (nSPS) is 9.87. The molecule has 2 rings (SSSR count). The van der Waals surface area contributed by atoms with E-state index in [0.717, 1.165) is 11.3 Å². The summed E-state index contributed by atoms with van der Waals surface area (Å²) >= 11 is 6.02. The van der Waals surface area contributed by atoms with Gasteiger partial charge in [-0.25, -0.2) is 4.68 Å². The van der Waals surface area contributed by atoms with Gasteiger partial charge in [-0.15, -0.1) is 0 Å². The molecule has 0 radical (unpaired) electrons. The van der Waals surface area contributed by atoms with Crippen LogP contribution in [0.5, 0.6) is 0 Å². The van der Waals surface area contributed by atoms with Crippen molar-refractivity contribution < 1.29 is 0 Å². The molecule has 0 amide bonds. The number of hydrogen-bond donors (Lipinski definition) is 0. The van der Waals surface area contributed by atoms with Gasteiger partial charge in [0.2, 0.25) is 0 Å². The molecule has 2 aromatic rings. The van der Waals surface area contributed by atoms with Gasteiger partial charge in [0, 0.05) is 11.8 Å². The molecule has 0 aliphatic rings. The minimum absolute atomic E-state index is 0.366. The molecule has 0 fully saturated rings. The number of rotatable bonds is 2. The van der Waals surface area contributed by atoms with Crippen LogP contribution >= 0.6 is 11.6 Å². The van der Waals surface area contributed by atoms with Crippen LogP contribution in [0.2, 0.25) is 5.02 Å². The van der Waals surface area contributed by atoms with Gasteiger partial charge in [0.15, 0.2) is 0 Å². The molecule has 0 saturated heterocycles. The number of halogens is 1. The Labute approximate surface area is 92.5 Å². The topological polar surface area (TPSA) is 41.6 Å². The Morgan fingerprint density at radius 2 is 2.20 bits per heavy atom. The van der Waals surface area contributed by atoms with Gasteiger partial charge in [-0.2, -0.15) is 10.4 Å². The molecule has 3 nitrogen and oxygen atoms in total. The number of para-hydroxylation sites is 1. The second-order valence-corrected chi connectivity index (χ2v) is 3.49. The monoisotopic (exact) mass is 217 g/mol.